The number of nitrogens with two attached hydrogens (primary N) is 1. The lowest BCUT2D eigenvalue weighted by Crippen LogP contribution is -2.53. The van der Waals surface area contributed by atoms with Gasteiger partial charge in [-0.05, 0) is 61.8 Å². The van der Waals surface area contributed by atoms with Gasteiger partial charge in [-0.15, -0.1) is 0 Å². The molecule has 1 amide bonds. The third-order valence-corrected chi connectivity index (χ3v) is 2.74. The molecule has 0 radical (unpaired) electrons. The Hall–Kier alpha value is -1.14. The maximum Gasteiger partial charge on any atom is 0.306 e. The second-order valence-electron chi connectivity index (χ2n) is 8.51. The van der Waals surface area contributed by atoms with Crippen LogP contribution < -0.4 is 11.1 Å². The molecule has 0 unspecified atom stereocenters. The molecule has 0 saturated carbocycles. The van der Waals surface area contributed by atoms with Crippen molar-refractivity contribution in [3.05, 3.63) is 0 Å². The van der Waals surface area contributed by atoms with Crippen LogP contribution in [0.1, 0.15) is 68.2 Å². The molecule has 0 aliphatic carbocycles. The first-order valence-electron chi connectivity index (χ1n) is 8.05. The minimum absolute atomic E-state index is 0.116. The zero-order chi connectivity index (χ0) is 18.5. The molecule has 0 aliphatic rings. The Bertz CT molecular complexity index is 406. The Morgan fingerprint density at radius 1 is 1.00 bits per heavy atom. The van der Waals surface area contributed by atoms with Crippen LogP contribution in [0.25, 0.3) is 0 Å². The number of hydrogen-bond donors (Lipinski definition) is 2. The van der Waals surface area contributed by atoms with Crippen molar-refractivity contribution >= 4 is 11.9 Å². The van der Waals surface area contributed by atoms with Crippen molar-refractivity contribution in [2.24, 2.45) is 5.73 Å². The molecule has 0 bridgehead atoms. The van der Waals surface area contributed by atoms with Gasteiger partial charge in [-0.1, -0.05) is 0 Å². The Morgan fingerprint density at radius 2 is 1.52 bits per heavy atom. The van der Waals surface area contributed by atoms with E-state index in [9.17, 15) is 9.59 Å². The van der Waals surface area contributed by atoms with E-state index < -0.39 is 17.2 Å². The van der Waals surface area contributed by atoms with Gasteiger partial charge in [0.2, 0.25) is 5.91 Å². The maximum absolute atomic E-state index is 12.1. The molecule has 23 heavy (non-hydrogen) atoms. The van der Waals surface area contributed by atoms with E-state index in [-0.39, 0.29) is 30.3 Å². The molecule has 6 nitrogen and oxygen atoms in total. The Labute approximate surface area is 140 Å². The number of nitrogens with one attached hydrogen (secondary N) is 1. The summed E-state index contributed by atoms with van der Waals surface area (Å²) < 4.78 is 10.9. The molecule has 0 spiro atoms. The molecule has 0 fully saturated rings. The summed E-state index contributed by atoms with van der Waals surface area (Å²) in [7, 11) is 0. The number of esters is 1. The van der Waals surface area contributed by atoms with Crippen LogP contribution in [0.15, 0.2) is 0 Å². The van der Waals surface area contributed by atoms with Crippen LogP contribution in [-0.2, 0) is 19.1 Å². The van der Waals surface area contributed by atoms with Gasteiger partial charge in [0.25, 0.3) is 0 Å². The first-order chi connectivity index (χ1) is 10.1. The van der Waals surface area contributed by atoms with E-state index in [4.69, 9.17) is 15.2 Å². The van der Waals surface area contributed by atoms with Crippen molar-refractivity contribution in [2.75, 3.05) is 6.61 Å². The smallest absolute Gasteiger partial charge is 0.306 e. The van der Waals surface area contributed by atoms with E-state index in [1.54, 1.807) is 20.8 Å². The molecule has 0 aliphatic heterocycles. The fraction of sp³-hybridized carbons (Fsp3) is 0.882. The number of amides is 1. The normalized spacial score (nSPS) is 14.3. The third-order valence-electron chi connectivity index (χ3n) is 2.74. The lowest BCUT2D eigenvalue weighted by Gasteiger charge is -2.31. The number of carbonyl (C=O) groups excluding carboxylic acids is 2. The summed E-state index contributed by atoms with van der Waals surface area (Å²) in [6, 6.07) is -0.753. The monoisotopic (exact) mass is 330 g/mol. The topological polar surface area (TPSA) is 90.6 Å². The number of hydrogen-bond acceptors (Lipinski definition) is 5. The van der Waals surface area contributed by atoms with E-state index >= 15 is 0 Å². The molecule has 3 N–H and O–H groups in total. The van der Waals surface area contributed by atoms with E-state index in [0.29, 0.717) is 6.61 Å². The number of carbonyl (C=O) groups is 2. The molecular formula is C17H34N2O4. The highest BCUT2D eigenvalue weighted by Gasteiger charge is 2.27. The molecule has 136 valence electrons. The predicted octanol–water partition coefficient (Wildman–Crippen LogP) is 2.15. The van der Waals surface area contributed by atoms with Crippen molar-refractivity contribution < 1.29 is 19.1 Å². The number of rotatable bonds is 7. The average molecular weight is 330 g/mol. The fourth-order valence-corrected chi connectivity index (χ4v) is 1.66. The lowest BCUT2D eigenvalue weighted by atomic mass is 10.0. The summed E-state index contributed by atoms with van der Waals surface area (Å²) in [5.41, 5.74) is 4.51. The standard InChI is InChI=1S/C17H34N2O4/c1-15(2,3)22-11-17(7,8)19-14(21)12(18)9-10-13(20)23-16(4,5)6/h12H,9-11,18H2,1-8H3,(H,19,21)/t12-/m0/s1. The second kappa shape index (κ2) is 8.11. The van der Waals surface area contributed by atoms with E-state index in [0.717, 1.165) is 0 Å². The summed E-state index contributed by atoms with van der Waals surface area (Å²) in [5.74, 6) is -0.646. The van der Waals surface area contributed by atoms with Gasteiger partial charge in [0.15, 0.2) is 0 Å². The summed E-state index contributed by atoms with van der Waals surface area (Å²) in [4.78, 5) is 23.8. The predicted molar refractivity (Wildman–Crippen MR) is 91.0 cm³/mol. The van der Waals surface area contributed by atoms with Crippen molar-refractivity contribution in [3.63, 3.8) is 0 Å². The third kappa shape index (κ3) is 12.0. The Kier molecular flexibility index (Phi) is 7.70. The quantitative estimate of drug-likeness (QED) is 0.698. The van der Waals surface area contributed by atoms with Crippen LogP contribution in [-0.4, -0.2) is 41.3 Å². The molecular weight excluding hydrogens is 296 g/mol. The summed E-state index contributed by atoms with van der Waals surface area (Å²) in [6.45, 7) is 15.4. The van der Waals surface area contributed by atoms with Crippen LogP contribution in [0.3, 0.4) is 0 Å². The first-order valence-corrected chi connectivity index (χ1v) is 8.05. The van der Waals surface area contributed by atoms with E-state index in [1.165, 1.54) is 0 Å². The maximum atomic E-state index is 12.1. The Morgan fingerprint density at radius 3 is 1.96 bits per heavy atom. The minimum atomic E-state index is -0.753. The molecule has 0 aromatic carbocycles. The van der Waals surface area contributed by atoms with Gasteiger partial charge in [-0.3, -0.25) is 9.59 Å². The fourth-order valence-electron chi connectivity index (χ4n) is 1.66. The van der Waals surface area contributed by atoms with Crippen molar-refractivity contribution in [2.45, 2.75) is 91.0 Å². The SMILES string of the molecule is CC(C)(COC(C)(C)C)NC(=O)[C@@H](N)CCC(=O)OC(C)(C)C. The molecule has 1 atom stereocenters. The van der Waals surface area contributed by atoms with Crippen LogP contribution in [0.5, 0.6) is 0 Å². The highest BCUT2D eigenvalue weighted by molar-refractivity contribution is 5.82. The summed E-state index contributed by atoms with van der Waals surface area (Å²) >= 11 is 0. The largest absolute Gasteiger partial charge is 0.460 e. The summed E-state index contributed by atoms with van der Waals surface area (Å²) in [6.07, 6.45) is 0.363. The molecule has 0 aromatic heterocycles. The van der Waals surface area contributed by atoms with Gasteiger partial charge >= 0.3 is 5.97 Å². The molecule has 0 heterocycles. The molecule has 0 aromatic rings. The van der Waals surface area contributed by atoms with Crippen molar-refractivity contribution in [3.8, 4) is 0 Å². The van der Waals surface area contributed by atoms with Crippen LogP contribution in [0, 0.1) is 0 Å². The number of ether oxygens (including phenoxy) is 2. The van der Waals surface area contributed by atoms with E-state index in [1.807, 2.05) is 34.6 Å². The highest BCUT2D eigenvalue weighted by Crippen LogP contribution is 2.13. The van der Waals surface area contributed by atoms with Crippen LogP contribution in [0.2, 0.25) is 0 Å². The van der Waals surface area contributed by atoms with Crippen LogP contribution in [0.4, 0.5) is 0 Å². The molecule has 0 rings (SSSR count). The average Bonchev–Trinajstić information content (AvgIpc) is 2.30. The highest BCUT2D eigenvalue weighted by atomic mass is 16.6. The van der Waals surface area contributed by atoms with Gasteiger partial charge in [-0.25, -0.2) is 0 Å². The zero-order valence-electron chi connectivity index (χ0n) is 15.9. The van der Waals surface area contributed by atoms with Crippen molar-refractivity contribution in [1.29, 1.82) is 0 Å². The molecule has 0 saturated heterocycles. The van der Waals surface area contributed by atoms with Gasteiger partial charge in [0.05, 0.1) is 23.8 Å². The van der Waals surface area contributed by atoms with Crippen LogP contribution >= 0.6 is 0 Å². The summed E-state index contributed by atoms with van der Waals surface area (Å²) in [5, 5.41) is 2.86. The minimum Gasteiger partial charge on any atom is -0.460 e. The van der Waals surface area contributed by atoms with Gasteiger partial charge < -0.3 is 20.5 Å². The van der Waals surface area contributed by atoms with Gasteiger partial charge in [-0.2, -0.15) is 0 Å². The first kappa shape index (κ1) is 21.9. The lowest BCUT2D eigenvalue weighted by molar-refractivity contribution is -0.155. The molecule has 6 heteroatoms. The zero-order valence-corrected chi connectivity index (χ0v) is 15.9. The second-order valence-corrected chi connectivity index (χ2v) is 8.51. The van der Waals surface area contributed by atoms with E-state index in [2.05, 4.69) is 5.32 Å². The van der Waals surface area contributed by atoms with Crippen molar-refractivity contribution in [1.82, 2.24) is 5.32 Å². The van der Waals surface area contributed by atoms with Gasteiger partial charge in [0, 0.05) is 6.42 Å². The van der Waals surface area contributed by atoms with Gasteiger partial charge in [0.1, 0.15) is 5.60 Å². The Balaban J connectivity index is 4.31.